The largest absolute Gasteiger partial charge is 0.481 e. The highest BCUT2D eigenvalue weighted by Gasteiger charge is 2.22. The van der Waals surface area contributed by atoms with Gasteiger partial charge < -0.3 is 15.0 Å². The van der Waals surface area contributed by atoms with Crippen molar-refractivity contribution in [3.63, 3.8) is 0 Å². The summed E-state index contributed by atoms with van der Waals surface area (Å²) in [4.78, 5) is 29.7. The standard InChI is InChI=1S/C16H22N6O2/c1-10-7-13(23)20-16(18-10)22-6-4-5-12(9-22)19-15-17-11(2)8-14(21-15)24-3/h7-8,12H,4-6,9H2,1-3H3,(H,17,19,21)(H,18,20,23). The van der Waals surface area contributed by atoms with Crippen molar-refractivity contribution in [3.8, 4) is 5.88 Å². The number of H-pyrrole nitrogens is 1. The van der Waals surface area contributed by atoms with Gasteiger partial charge in [-0.3, -0.25) is 9.78 Å². The Balaban J connectivity index is 1.74. The molecule has 8 nitrogen and oxygen atoms in total. The van der Waals surface area contributed by atoms with Crippen molar-refractivity contribution in [3.05, 3.63) is 33.9 Å². The Morgan fingerprint density at radius 3 is 2.79 bits per heavy atom. The summed E-state index contributed by atoms with van der Waals surface area (Å²) in [5.41, 5.74) is 1.44. The molecule has 1 saturated heterocycles. The third-order valence-corrected chi connectivity index (χ3v) is 3.95. The van der Waals surface area contributed by atoms with Crippen LogP contribution >= 0.6 is 0 Å². The highest BCUT2D eigenvalue weighted by molar-refractivity contribution is 5.36. The molecule has 0 bridgehead atoms. The lowest BCUT2D eigenvalue weighted by Crippen LogP contribution is -2.43. The van der Waals surface area contributed by atoms with E-state index >= 15 is 0 Å². The maximum atomic E-state index is 11.7. The predicted octanol–water partition coefficient (Wildman–Crippen LogP) is 1.27. The molecule has 1 atom stereocenters. The molecule has 2 aromatic heterocycles. The van der Waals surface area contributed by atoms with Crippen molar-refractivity contribution in [1.82, 2.24) is 19.9 Å². The summed E-state index contributed by atoms with van der Waals surface area (Å²) in [6, 6.07) is 3.46. The van der Waals surface area contributed by atoms with Crippen molar-refractivity contribution in [2.45, 2.75) is 32.7 Å². The maximum absolute atomic E-state index is 11.7. The summed E-state index contributed by atoms with van der Waals surface area (Å²) in [5.74, 6) is 1.72. The molecule has 3 rings (SSSR count). The average Bonchev–Trinajstić information content (AvgIpc) is 2.53. The SMILES string of the molecule is COc1cc(C)nc(NC2CCCN(c3nc(C)cc(=O)[nH]3)C2)n1. The molecule has 0 saturated carbocycles. The second-order valence-electron chi connectivity index (χ2n) is 6.02. The van der Waals surface area contributed by atoms with Gasteiger partial charge in [-0.1, -0.05) is 0 Å². The van der Waals surface area contributed by atoms with Gasteiger partial charge >= 0.3 is 0 Å². The number of nitrogens with zero attached hydrogens (tertiary/aromatic N) is 4. The quantitative estimate of drug-likeness (QED) is 0.871. The van der Waals surface area contributed by atoms with Crippen molar-refractivity contribution in [2.75, 3.05) is 30.4 Å². The fourth-order valence-electron chi connectivity index (χ4n) is 2.89. The van der Waals surface area contributed by atoms with Crippen LogP contribution in [0.4, 0.5) is 11.9 Å². The second kappa shape index (κ2) is 6.86. The summed E-state index contributed by atoms with van der Waals surface area (Å²) in [7, 11) is 1.59. The third-order valence-electron chi connectivity index (χ3n) is 3.95. The van der Waals surface area contributed by atoms with E-state index in [1.165, 1.54) is 6.07 Å². The molecule has 24 heavy (non-hydrogen) atoms. The Bertz CT molecular complexity index is 775. The van der Waals surface area contributed by atoms with E-state index in [2.05, 4.69) is 30.2 Å². The lowest BCUT2D eigenvalue weighted by molar-refractivity contribution is 0.396. The monoisotopic (exact) mass is 330 g/mol. The van der Waals surface area contributed by atoms with Crippen molar-refractivity contribution in [2.24, 2.45) is 0 Å². The van der Waals surface area contributed by atoms with Gasteiger partial charge in [-0.25, -0.2) is 9.97 Å². The van der Waals surface area contributed by atoms with Gasteiger partial charge in [0.2, 0.25) is 17.8 Å². The minimum atomic E-state index is -0.126. The Labute approximate surface area is 140 Å². The number of hydrogen-bond acceptors (Lipinski definition) is 7. The van der Waals surface area contributed by atoms with Crippen LogP contribution in [0.15, 0.2) is 16.9 Å². The molecule has 0 aromatic carbocycles. The third kappa shape index (κ3) is 3.81. The molecular weight excluding hydrogens is 308 g/mol. The van der Waals surface area contributed by atoms with E-state index in [0.29, 0.717) is 17.8 Å². The number of ether oxygens (including phenoxy) is 1. The number of aromatic nitrogens is 4. The van der Waals surface area contributed by atoms with Crippen molar-refractivity contribution in [1.29, 1.82) is 0 Å². The Morgan fingerprint density at radius 1 is 1.25 bits per heavy atom. The highest BCUT2D eigenvalue weighted by atomic mass is 16.5. The summed E-state index contributed by atoms with van der Waals surface area (Å²) in [5, 5.41) is 3.36. The van der Waals surface area contributed by atoms with Gasteiger partial charge in [0.15, 0.2) is 0 Å². The van der Waals surface area contributed by atoms with E-state index in [-0.39, 0.29) is 11.6 Å². The second-order valence-corrected chi connectivity index (χ2v) is 6.02. The molecule has 8 heteroatoms. The number of nitrogens with one attached hydrogen (secondary N) is 2. The molecule has 0 radical (unpaired) electrons. The van der Waals surface area contributed by atoms with Crippen molar-refractivity contribution >= 4 is 11.9 Å². The summed E-state index contributed by atoms with van der Waals surface area (Å²) < 4.78 is 5.19. The molecule has 2 aromatic rings. The van der Waals surface area contributed by atoms with Crippen LogP contribution in [0.2, 0.25) is 0 Å². The van der Waals surface area contributed by atoms with Crippen LogP contribution in [0.5, 0.6) is 5.88 Å². The van der Waals surface area contributed by atoms with Crippen LogP contribution in [0.25, 0.3) is 0 Å². The number of piperidine rings is 1. The molecule has 128 valence electrons. The first kappa shape index (κ1) is 16.2. The zero-order valence-electron chi connectivity index (χ0n) is 14.2. The molecule has 0 spiro atoms. The zero-order valence-corrected chi connectivity index (χ0v) is 14.2. The number of anilines is 2. The fourth-order valence-corrected chi connectivity index (χ4v) is 2.89. The summed E-state index contributed by atoms with van der Waals surface area (Å²) in [6.45, 7) is 5.32. The molecule has 0 aliphatic carbocycles. The van der Waals surface area contributed by atoms with Crippen LogP contribution in [0.1, 0.15) is 24.2 Å². The normalized spacial score (nSPS) is 17.6. The van der Waals surface area contributed by atoms with Gasteiger partial charge in [-0.2, -0.15) is 4.98 Å². The van der Waals surface area contributed by atoms with Crippen LogP contribution < -0.4 is 20.5 Å². The number of aromatic amines is 1. The Kier molecular flexibility index (Phi) is 4.64. The molecule has 1 aliphatic heterocycles. The first-order chi connectivity index (χ1) is 11.5. The first-order valence-corrected chi connectivity index (χ1v) is 8.02. The van der Waals surface area contributed by atoms with Crippen LogP contribution in [0, 0.1) is 13.8 Å². The Morgan fingerprint density at radius 2 is 2.04 bits per heavy atom. The van der Waals surface area contributed by atoms with Gasteiger partial charge in [0.25, 0.3) is 5.56 Å². The van der Waals surface area contributed by atoms with E-state index in [4.69, 9.17) is 4.74 Å². The number of aryl methyl sites for hydroxylation is 2. The maximum Gasteiger partial charge on any atom is 0.252 e. The number of methoxy groups -OCH3 is 1. The van der Waals surface area contributed by atoms with E-state index in [1.807, 2.05) is 13.8 Å². The molecule has 1 fully saturated rings. The molecule has 1 unspecified atom stereocenters. The van der Waals surface area contributed by atoms with Gasteiger partial charge in [0.1, 0.15) is 0 Å². The van der Waals surface area contributed by atoms with E-state index in [9.17, 15) is 4.79 Å². The number of hydrogen-bond donors (Lipinski definition) is 2. The highest BCUT2D eigenvalue weighted by Crippen LogP contribution is 2.19. The summed E-state index contributed by atoms with van der Waals surface area (Å²) in [6.07, 6.45) is 2.00. The van der Waals surface area contributed by atoms with Crippen LogP contribution in [0.3, 0.4) is 0 Å². The molecule has 2 N–H and O–H groups in total. The topological polar surface area (TPSA) is 96.0 Å². The summed E-state index contributed by atoms with van der Waals surface area (Å²) >= 11 is 0. The molecule has 1 aliphatic rings. The van der Waals surface area contributed by atoms with Crippen molar-refractivity contribution < 1.29 is 4.74 Å². The van der Waals surface area contributed by atoms with E-state index in [0.717, 1.165) is 37.3 Å². The van der Waals surface area contributed by atoms with Gasteiger partial charge in [-0.15, -0.1) is 0 Å². The van der Waals surface area contributed by atoms with Crippen LogP contribution in [-0.2, 0) is 0 Å². The smallest absolute Gasteiger partial charge is 0.252 e. The van der Waals surface area contributed by atoms with Crippen LogP contribution in [-0.4, -0.2) is 46.2 Å². The Hall–Kier alpha value is -2.64. The minimum Gasteiger partial charge on any atom is -0.481 e. The number of rotatable bonds is 4. The zero-order chi connectivity index (χ0) is 17.1. The lowest BCUT2D eigenvalue weighted by atomic mass is 10.1. The van der Waals surface area contributed by atoms with E-state index < -0.39 is 0 Å². The van der Waals surface area contributed by atoms with Gasteiger partial charge in [0.05, 0.1) is 7.11 Å². The lowest BCUT2D eigenvalue weighted by Gasteiger charge is -2.33. The van der Waals surface area contributed by atoms with E-state index in [1.54, 1.807) is 13.2 Å². The average molecular weight is 330 g/mol. The fraction of sp³-hybridized carbons (Fsp3) is 0.500. The molecular formula is C16H22N6O2. The molecule has 3 heterocycles. The minimum absolute atomic E-state index is 0.126. The molecule has 0 amide bonds. The first-order valence-electron chi connectivity index (χ1n) is 8.02. The van der Waals surface area contributed by atoms with Gasteiger partial charge in [0, 0.05) is 42.7 Å². The van der Waals surface area contributed by atoms with Gasteiger partial charge in [-0.05, 0) is 26.7 Å². The predicted molar refractivity (Wildman–Crippen MR) is 91.8 cm³/mol.